The summed E-state index contributed by atoms with van der Waals surface area (Å²) in [6.45, 7) is 8.46. The van der Waals surface area contributed by atoms with Crippen LogP contribution in [0.1, 0.15) is 40.5 Å². The Hall–Kier alpha value is -2.19. The average molecular weight is 433 g/mol. The van der Waals surface area contributed by atoms with Crippen molar-refractivity contribution in [3.05, 3.63) is 91.0 Å². The summed E-state index contributed by atoms with van der Waals surface area (Å²) >= 11 is 0. The summed E-state index contributed by atoms with van der Waals surface area (Å²) in [4.78, 5) is 0. The molecule has 1 heterocycles. The van der Waals surface area contributed by atoms with Gasteiger partial charge in [0.1, 0.15) is 0 Å². The second kappa shape index (κ2) is 8.39. The number of rotatable bonds is 4. The number of nitrogens with zero attached hydrogens (tertiary/aromatic N) is 2. The molecule has 3 aromatic carbocycles. The first-order valence-electron chi connectivity index (χ1n) is 11.0. The van der Waals surface area contributed by atoms with Crippen LogP contribution in [0.15, 0.2) is 95.7 Å². The summed E-state index contributed by atoms with van der Waals surface area (Å²) in [5.74, 6) is 0. The zero-order valence-electron chi connectivity index (χ0n) is 18.9. The quantitative estimate of drug-likeness (QED) is 0.547. The van der Waals surface area contributed by atoms with E-state index in [1.165, 1.54) is 15.9 Å². The predicted molar refractivity (Wildman–Crippen MR) is 132 cm³/mol. The van der Waals surface area contributed by atoms with Crippen LogP contribution in [0.5, 0.6) is 0 Å². The lowest BCUT2D eigenvalue weighted by molar-refractivity contribution is -0.244. The third kappa shape index (κ3) is 4.15. The molecule has 0 bridgehead atoms. The molecular formula is C27H33N2OP. The number of hydrogen-bond acceptors (Lipinski definition) is 3. The zero-order chi connectivity index (χ0) is 22.1. The summed E-state index contributed by atoms with van der Waals surface area (Å²) in [6, 6.07) is 32.5. The summed E-state index contributed by atoms with van der Waals surface area (Å²) in [5.41, 5.74) is -0.675. The molecule has 4 heteroatoms. The Morgan fingerprint density at radius 1 is 0.677 bits per heavy atom. The molecule has 162 valence electrons. The van der Waals surface area contributed by atoms with Crippen molar-refractivity contribution < 1.29 is 5.21 Å². The Bertz CT molecular complexity index is 941. The average Bonchev–Trinajstić information content (AvgIpc) is 2.77. The van der Waals surface area contributed by atoms with Crippen molar-refractivity contribution in [3.8, 4) is 0 Å². The maximum Gasteiger partial charge on any atom is 0.0551 e. The monoisotopic (exact) mass is 432 g/mol. The van der Waals surface area contributed by atoms with Gasteiger partial charge >= 0.3 is 0 Å². The van der Waals surface area contributed by atoms with Gasteiger partial charge in [0.05, 0.1) is 13.1 Å². The molecule has 1 N–H and O–H groups in total. The smallest absolute Gasteiger partial charge is 0.0551 e. The second-order valence-electron chi connectivity index (χ2n) is 9.76. The fraction of sp³-hybridized carbons (Fsp3) is 0.333. The van der Waals surface area contributed by atoms with Crippen LogP contribution in [0.25, 0.3) is 0 Å². The SMILES string of the molecule is CC1(C)CC(N=P(c2ccccc2)(c2ccccc2)c2ccccc2)CC(C)(C)N1O. The first kappa shape index (κ1) is 22.0. The molecule has 1 fully saturated rings. The molecule has 3 nitrogen and oxygen atoms in total. The van der Waals surface area contributed by atoms with Gasteiger partial charge in [-0.25, -0.2) is 0 Å². The van der Waals surface area contributed by atoms with Gasteiger partial charge in [-0.3, -0.25) is 4.74 Å². The molecule has 3 aromatic rings. The van der Waals surface area contributed by atoms with E-state index in [0.717, 1.165) is 12.8 Å². The number of piperidine rings is 1. The van der Waals surface area contributed by atoms with Crippen LogP contribution >= 0.6 is 7.05 Å². The minimum absolute atomic E-state index is 0.141. The molecule has 31 heavy (non-hydrogen) atoms. The highest BCUT2D eigenvalue weighted by Crippen LogP contribution is 2.50. The van der Waals surface area contributed by atoms with E-state index in [1.807, 2.05) is 0 Å². The highest BCUT2D eigenvalue weighted by atomic mass is 31.2. The van der Waals surface area contributed by atoms with E-state index in [0.29, 0.717) is 0 Å². The molecule has 1 aliphatic rings. The van der Waals surface area contributed by atoms with Crippen LogP contribution in [-0.4, -0.2) is 27.4 Å². The maximum absolute atomic E-state index is 10.8. The fourth-order valence-corrected chi connectivity index (χ4v) is 8.88. The minimum atomic E-state index is -2.23. The van der Waals surface area contributed by atoms with Gasteiger partial charge in [-0.15, -0.1) is 0 Å². The Balaban J connectivity index is 2.01. The number of hydroxylamine groups is 2. The molecular weight excluding hydrogens is 399 g/mol. The van der Waals surface area contributed by atoms with Gasteiger partial charge in [-0.1, -0.05) is 91.0 Å². The van der Waals surface area contributed by atoms with Crippen molar-refractivity contribution in [1.82, 2.24) is 5.06 Å². The van der Waals surface area contributed by atoms with E-state index in [1.54, 1.807) is 5.06 Å². The molecule has 0 aliphatic carbocycles. The third-order valence-corrected chi connectivity index (χ3v) is 10.2. The highest BCUT2D eigenvalue weighted by Gasteiger charge is 2.46. The van der Waals surface area contributed by atoms with Crippen molar-refractivity contribution in [2.75, 3.05) is 0 Å². The Morgan fingerprint density at radius 3 is 1.32 bits per heavy atom. The van der Waals surface area contributed by atoms with Gasteiger partial charge in [-0.2, -0.15) is 5.06 Å². The van der Waals surface area contributed by atoms with Crippen LogP contribution in [0.4, 0.5) is 0 Å². The third-order valence-electron chi connectivity index (χ3n) is 6.34. The maximum atomic E-state index is 10.8. The molecule has 0 amide bonds. The van der Waals surface area contributed by atoms with Crippen molar-refractivity contribution in [2.24, 2.45) is 4.74 Å². The number of hydrogen-bond donors (Lipinski definition) is 1. The second-order valence-corrected chi connectivity index (χ2v) is 12.8. The Labute approximate surface area is 186 Å². The molecule has 0 spiro atoms. The normalized spacial score (nSPS) is 19.1. The summed E-state index contributed by atoms with van der Waals surface area (Å²) in [6.07, 6.45) is 1.64. The van der Waals surface area contributed by atoms with Crippen molar-refractivity contribution >= 4 is 23.0 Å². The lowest BCUT2D eigenvalue weighted by Crippen LogP contribution is -2.60. The molecule has 0 radical (unpaired) electrons. The van der Waals surface area contributed by atoms with Crippen LogP contribution in [0.2, 0.25) is 0 Å². The first-order valence-corrected chi connectivity index (χ1v) is 12.8. The van der Waals surface area contributed by atoms with Gasteiger partial charge in [-0.05, 0) is 40.5 Å². The summed E-state index contributed by atoms with van der Waals surface area (Å²) < 4.78 is 5.78. The largest absolute Gasteiger partial charge is 0.313 e. The topological polar surface area (TPSA) is 35.8 Å². The highest BCUT2D eigenvalue weighted by molar-refractivity contribution is 7.87. The molecule has 0 atom stereocenters. The van der Waals surface area contributed by atoms with E-state index in [-0.39, 0.29) is 17.1 Å². The van der Waals surface area contributed by atoms with Crippen LogP contribution < -0.4 is 15.9 Å². The van der Waals surface area contributed by atoms with Crippen molar-refractivity contribution in [2.45, 2.75) is 57.7 Å². The fourth-order valence-electron chi connectivity index (χ4n) is 5.12. The van der Waals surface area contributed by atoms with E-state index in [2.05, 4.69) is 119 Å². The summed E-state index contributed by atoms with van der Waals surface area (Å²) in [5, 5.41) is 16.2. The van der Waals surface area contributed by atoms with Crippen molar-refractivity contribution in [1.29, 1.82) is 0 Å². The minimum Gasteiger partial charge on any atom is -0.313 e. The molecule has 1 saturated heterocycles. The molecule has 0 aromatic heterocycles. The van der Waals surface area contributed by atoms with Crippen LogP contribution in [0.3, 0.4) is 0 Å². The summed E-state index contributed by atoms with van der Waals surface area (Å²) in [7, 11) is -2.23. The van der Waals surface area contributed by atoms with E-state index in [4.69, 9.17) is 4.74 Å². The van der Waals surface area contributed by atoms with Crippen LogP contribution in [-0.2, 0) is 0 Å². The van der Waals surface area contributed by atoms with E-state index >= 15 is 0 Å². The van der Waals surface area contributed by atoms with E-state index < -0.39 is 7.05 Å². The van der Waals surface area contributed by atoms with E-state index in [9.17, 15) is 5.21 Å². The van der Waals surface area contributed by atoms with Crippen LogP contribution in [0, 0.1) is 0 Å². The zero-order valence-corrected chi connectivity index (χ0v) is 19.8. The molecule has 4 rings (SSSR count). The van der Waals surface area contributed by atoms with Gasteiger partial charge < -0.3 is 5.21 Å². The Morgan fingerprint density at radius 2 is 1.00 bits per heavy atom. The molecule has 0 saturated carbocycles. The Kier molecular flexibility index (Phi) is 5.96. The first-order chi connectivity index (χ1) is 14.8. The molecule has 0 unspecified atom stereocenters. The van der Waals surface area contributed by atoms with Gasteiger partial charge in [0.2, 0.25) is 0 Å². The van der Waals surface area contributed by atoms with Gasteiger partial charge in [0, 0.05) is 27.0 Å². The lowest BCUT2D eigenvalue weighted by Gasteiger charge is -2.51. The standard InChI is InChI=1S/C27H33N2OP/c1-26(2)20-22(21-27(3,4)29(26)30)28-31(23-14-8-5-9-15-23,24-16-10-6-11-17-24)25-18-12-7-13-19-25/h5-19,22,30H,20-21H2,1-4H3. The number of benzene rings is 3. The van der Waals surface area contributed by atoms with Gasteiger partial charge in [0.15, 0.2) is 0 Å². The predicted octanol–water partition coefficient (Wildman–Crippen LogP) is 5.57. The van der Waals surface area contributed by atoms with Gasteiger partial charge in [0.25, 0.3) is 0 Å². The van der Waals surface area contributed by atoms with Crippen molar-refractivity contribution in [3.63, 3.8) is 0 Å². The molecule has 1 aliphatic heterocycles. The lowest BCUT2D eigenvalue weighted by atomic mass is 9.79.